The second-order valence-corrected chi connectivity index (χ2v) is 7.46. The Morgan fingerprint density at radius 3 is 2.60 bits per heavy atom. The predicted octanol–water partition coefficient (Wildman–Crippen LogP) is 4.83. The zero-order valence-electron chi connectivity index (χ0n) is 17.1. The van der Waals surface area contributed by atoms with Crippen LogP contribution in [0.4, 0.5) is 5.95 Å². The summed E-state index contributed by atoms with van der Waals surface area (Å²) in [4.78, 5) is 4.47. The summed E-state index contributed by atoms with van der Waals surface area (Å²) in [6.45, 7) is 0. The Kier molecular flexibility index (Phi) is 4.75. The van der Waals surface area contributed by atoms with Crippen LogP contribution in [-0.4, -0.2) is 29.0 Å². The molecule has 0 fully saturated rings. The summed E-state index contributed by atoms with van der Waals surface area (Å²) in [5.41, 5.74) is 5.88. The van der Waals surface area contributed by atoms with Gasteiger partial charge in [-0.1, -0.05) is 36.4 Å². The van der Waals surface area contributed by atoms with Crippen LogP contribution >= 0.6 is 0 Å². The van der Waals surface area contributed by atoms with Crippen molar-refractivity contribution in [1.29, 1.82) is 0 Å². The first-order chi connectivity index (χ1) is 14.8. The van der Waals surface area contributed by atoms with E-state index in [4.69, 9.17) is 9.47 Å². The van der Waals surface area contributed by atoms with Gasteiger partial charge in [0, 0.05) is 16.8 Å². The molecule has 30 heavy (non-hydrogen) atoms. The summed E-state index contributed by atoms with van der Waals surface area (Å²) in [5, 5.41) is 8.07. The molecule has 1 aliphatic heterocycles. The van der Waals surface area contributed by atoms with Crippen LogP contribution in [-0.2, 0) is 0 Å². The molecule has 2 aliphatic rings. The van der Waals surface area contributed by atoms with Gasteiger partial charge >= 0.3 is 0 Å². The minimum Gasteiger partial charge on any atom is -0.496 e. The highest BCUT2D eigenvalue weighted by atomic mass is 16.5. The SMILES string of the molecule is COc1ccccc1/C=C1\CCCC2=C1Nc1ncnn1C2c1ccccc1OC. The van der Waals surface area contributed by atoms with Crippen LogP contribution in [0.25, 0.3) is 6.08 Å². The van der Waals surface area contributed by atoms with E-state index in [-0.39, 0.29) is 6.04 Å². The lowest BCUT2D eigenvalue weighted by Gasteiger charge is -2.35. The van der Waals surface area contributed by atoms with Gasteiger partial charge in [-0.25, -0.2) is 4.68 Å². The molecule has 2 aromatic carbocycles. The normalized spacial score (nSPS) is 19.1. The van der Waals surface area contributed by atoms with Gasteiger partial charge in [-0.15, -0.1) is 0 Å². The number of aromatic nitrogens is 3. The Labute approximate surface area is 175 Å². The number of para-hydroxylation sites is 2. The fourth-order valence-electron chi connectivity index (χ4n) is 4.48. The molecule has 1 atom stereocenters. The van der Waals surface area contributed by atoms with Gasteiger partial charge in [-0.2, -0.15) is 10.1 Å². The standard InChI is InChI=1S/C24H24N4O2/c1-29-20-12-5-3-8-16(20)14-17-9-7-11-19-22(17)27-24-25-15-26-28(24)23(19)18-10-4-6-13-21(18)30-2/h3-6,8,10,12-15,23H,7,9,11H2,1-2H3,(H,25,26,27)/b17-14+. The van der Waals surface area contributed by atoms with Crippen LogP contribution in [0.2, 0.25) is 0 Å². The topological polar surface area (TPSA) is 61.2 Å². The summed E-state index contributed by atoms with van der Waals surface area (Å²) >= 11 is 0. The molecule has 5 rings (SSSR count). The molecule has 1 unspecified atom stereocenters. The number of methoxy groups -OCH3 is 2. The average Bonchev–Trinajstić information content (AvgIpc) is 3.26. The molecule has 0 amide bonds. The maximum atomic E-state index is 5.69. The number of nitrogens with one attached hydrogen (secondary N) is 1. The zero-order valence-corrected chi connectivity index (χ0v) is 17.1. The van der Waals surface area contributed by atoms with Crippen LogP contribution in [0.3, 0.4) is 0 Å². The summed E-state index contributed by atoms with van der Waals surface area (Å²) in [5.74, 6) is 2.48. The van der Waals surface area contributed by atoms with Crippen LogP contribution in [0.5, 0.6) is 11.5 Å². The highest BCUT2D eigenvalue weighted by Gasteiger charge is 2.34. The maximum Gasteiger partial charge on any atom is 0.226 e. The highest BCUT2D eigenvalue weighted by molar-refractivity contribution is 5.68. The van der Waals surface area contributed by atoms with E-state index in [0.717, 1.165) is 53.5 Å². The molecule has 3 aromatic rings. The second-order valence-electron chi connectivity index (χ2n) is 7.46. The first-order valence-electron chi connectivity index (χ1n) is 10.2. The van der Waals surface area contributed by atoms with E-state index in [0.29, 0.717) is 0 Å². The molecule has 152 valence electrons. The molecule has 0 spiro atoms. The molecule has 0 bridgehead atoms. The van der Waals surface area contributed by atoms with Crippen LogP contribution in [0.15, 0.2) is 71.7 Å². The second kappa shape index (κ2) is 7.71. The van der Waals surface area contributed by atoms with Gasteiger partial charge in [0.1, 0.15) is 23.9 Å². The number of nitrogens with zero attached hydrogens (tertiary/aromatic N) is 3. The number of fused-ring (bicyclic) bond motifs is 1. The Morgan fingerprint density at radius 2 is 1.77 bits per heavy atom. The third-order valence-electron chi connectivity index (χ3n) is 5.82. The monoisotopic (exact) mass is 400 g/mol. The number of rotatable bonds is 4. The Morgan fingerprint density at radius 1 is 1.00 bits per heavy atom. The zero-order chi connectivity index (χ0) is 20.5. The first-order valence-corrected chi connectivity index (χ1v) is 10.2. The van der Waals surface area contributed by atoms with Crippen molar-refractivity contribution in [1.82, 2.24) is 14.8 Å². The molecule has 1 aromatic heterocycles. The smallest absolute Gasteiger partial charge is 0.226 e. The Hall–Kier alpha value is -3.54. The van der Waals surface area contributed by atoms with Gasteiger partial charge in [-0.05, 0) is 48.6 Å². The lowest BCUT2D eigenvalue weighted by Crippen LogP contribution is -2.28. The third kappa shape index (κ3) is 3.05. The van der Waals surface area contributed by atoms with E-state index in [1.54, 1.807) is 20.5 Å². The largest absolute Gasteiger partial charge is 0.496 e. The molecular weight excluding hydrogens is 376 g/mol. The van der Waals surface area contributed by atoms with E-state index >= 15 is 0 Å². The van der Waals surface area contributed by atoms with Crippen molar-refractivity contribution >= 4 is 12.0 Å². The number of anilines is 1. The van der Waals surface area contributed by atoms with Crippen molar-refractivity contribution < 1.29 is 9.47 Å². The summed E-state index contributed by atoms with van der Waals surface area (Å²) in [6, 6.07) is 16.2. The molecule has 6 nitrogen and oxygen atoms in total. The van der Waals surface area contributed by atoms with E-state index in [1.165, 1.54) is 11.1 Å². The summed E-state index contributed by atoms with van der Waals surface area (Å²) < 4.78 is 13.2. The minimum atomic E-state index is -0.0451. The highest BCUT2D eigenvalue weighted by Crippen LogP contribution is 2.45. The predicted molar refractivity (Wildman–Crippen MR) is 117 cm³/mol. The molecule has 0 radical (unpaired) electrons. The molecule has 0 saturated carbocycles. The first kappa shape index (κ1) is 18.5. The Balaban J connectivity index is 1.67. The third-order valence-corrected chi connectivity index (χ3v) is 5.82. The van der Waals surface area contributed by atoms with Gasteiger partial charge in [-0.3, -0.25) is 0 Å². The van der Waals surface area contributed by atoms with Crippen molar-refractivity contribution in [3.05, 3.63) is 82.8 Å². The van der Waals surface area contributed by atoms with E-state index in [9.17, 15) is 0 Å². The van der Waals surface area contributed by atoms with Crippen LogP contribution in [0.1, 0.15) is 36.4 Å². The molecule has 1 N–H and O–H groups in total. The minimum absolute atomic E-state index is 0.0451. The number of allylic oxidation sites excluding steroid dienone is 2. The molecule has 1 aliphatic carbocycles. The maximum absolute atomic E-state index is 5.69. The fourth-order valence-corrected chi connectivity index (χ4v) is 4.48. The van der Waals surface area contributed by atoms with Crippen molar-refractivity contribution in [3.8, 4) is 11.5 Å². The molecule has 2 heterocycles. The van der Waals surface area contributed by atoms with Gasteiger partial charge in [0.15, 0.2) is 0 Å². The fraction of sp³-hybridized carbons (Fsp3) is 0.250. The summed E-state index contributed by atoms with van der Waals surface area (Å²) in [7, 11) is 3.42. The van der Waals surface area contributed by atoms with Gasteiger partial charge in [0.05, 0.1) is 14.2 Å². The van der Waals surface area contributed by atoms with Crippen molar-refractivity contribution in [2.75, 3.05) is 19.5 Å². The number of hydrogen-bond acceptors (Lipinski definition) is 5. The quantitative estimate of drug-likeness (QED) is 0.680. The molecule has 6 heteroatoms. The van der Waals surface area contributed by atoms with E-state index in [1.807, 2.05) is 41.1 Å². The van der Waals surface area contributed by atoms with Gasteiger partial charge < -0.3 is 14.8 Å². The lowest BCUT2D eigenvalue weighted by molar-refractivity contribution is 0.400. The van der Waals surface area contributed by atoms with Gasteiger partial charge in [0.25, 0.3) is 0 Å². The lowest BCUT2D eigenvalue weighted by atomic mass is 9.83. The van der Waals surface area contributed by atoms with Crippen LogP contribution in [0, 0.1) is 0 Å². The summed E-state index contributed by atoms with van der Waals surface area (Å²) in [6.07, 6.45) is 6.90. The number of hydrogen-bond donors (Lipinski definition) is 1. The van der Waals surface area contributed by atoms with E-state index < -0.39 is 0 Å². The average molecular weight is 400 g/mol. The van der Waals surface area contributed by atoms with Crippen molar-refractivity contribution in [3.63, 3.8) is 0 Å². The molecular formula is C24H24N4O2. The van der Waals surface area contributed by atoms with Crippen molar-refractivity contribution in [2.24, 2.45) is 0 Å². The number of benzene rings is 2. The van der Waals surface area contributed by atoms with Crippen LogP contribution < -0.4 is 14.8 Å². The number of ether oxygens (including phenoxy) is 2. The van der Waals surface area contributed by atoms with Crippen molar-refractivity contribution in [2.45, 2.75) is 25.3 Å². The van der Waals surface area contributed by atoms with E-state index in [2.05, 4.69) is 33.6 Å². The van der Waals surface area contributed by atoms with Gasteiger partial charge in [0.2, 0.25) is 5.95 Å². The molecule has 0 saturated heterocycles. The Bertz CT molecular complexity index is 1150.